The fourth-order valence-electron chi connectivity index (χ4n) is 2.51. The summed E-state index contributed by atoms with van der Waals surface area (Å²) in [7, 11) is 0. The van der Waals surface area contributed by atoms with Crippen LogP contribution in [0.3, 0.4) is 0 Å². The van der Waals surface area contributed by atoms with E-state index in [2.05, 4.69) is 27.5 Å². The summed E-state index contributed by atoms with van der Waals surface area (Å²) in [6.07, 6.45) is 0. The van der Waals surface area contributed by atoms with Crippen LogP contribution in [0, 0.1) is 0 Å². The minimum absolute atomic E-state index is 0.492. The highest BCUT2D eigenvalue weighted by Crippen LogP contribution is 2.38. The number of nitrogens with zero attached hydrogens (tertiary/aromatic N) is 2. The van der Waals surface area contributed by atoms with Crippen LogP contribution in [0.4, 0.5) is 0 Å². The van der Waals surface area contributed by atoms with E-state index in [4.69, 9.17) is 23.2 Å². The molecular weight excluding hydrogens is 391 g/mol. The first kappa shape index (κ1) is 16.9. The van der Waals surface area contributed by atoms with E-state index >= 15 is 0 Å². The van der Waals surface area contributed by atoms with Gasteiger partial charge in [0.15, 0.2) is 5.16 Å². The number of hydrogen-bond acceptors (Lipinski definition) is 4. The number of rotatable bonds is 4. The van der Waals surface area contributed by atoms with Crippen LogP contribution >= 0.6 is 46.3 Å². The van der Waals surface area contributed by atoms with Crippen molar-refractivity contribution in [2.45, 2.75) is 10.9 Å². The van der Waals surface area contributed by atoms with E-state index in [1.165, 1.54) is 5.56 Å². The normalized spacial score (nSPS) is 11.1. The van der Waals surface area contributed by atoms with E-state index in [9.17, 15) is 0 Å². The van der Waals surface area contributed by atoms with Gasteiger partial charge in [-0.05, 0) is 23.3 Å². The van der Waals surface area contributed by atoms with E-state index in [1.807, 2.05) is 42.5 Å². The van der Waals surface area contributed by atoms with Crippen molar-refractivity contribution < 1.29 is 0 Å². The molecule has 0 radical (unpaired) electrons. The molecule has 0 aliphatic rings. The van der Waals surface area contributed by atoms with Gasteiger partial charge in [-0.15, -0.1) is 11.3 Å². The summed E-state index contributed by atoms with van der Waals surface area (Å²) in [5, 5.41) is 4.88. The summed E-state index contributed by atoms with van der Waals surface area (Å²) < 4.78 is 0. The number of fused-ring (bicyclic) bond motifs is 1. The van der Waals surface area contributed by atoms with Gasteiger partial charge in [0.05, 0.1) is 5.39 Å². The summed E-state index contributed by atoms with van der Waals surface area (Å²) in [4.78, 5) is 10.1. The van der Waals surface area contributed by atoms with E-state index in [0.29, 0.717) is 15.3 Å². The van der Waals surface area contributed by atoms with E-state index < -0.39 is 0 Å². The average molecular weight is 403 g/mol. The first-order valence-corrected chi connectivity index (χ1v) is 10.2. The Morgan fingerprint density at radius 3 is 2.44 bits per heavy atom. The fourth-order valence-corrected chi connectivity index (χ4v) is 4.82. The molecule has 0 atom stereocenters. The summed E-state index contributed by atoms with van der Waals surface area (Å²) >= 11 is 15.6. The Morgan fingerprint density at radius 1 is 0.920 bits per heavy atom. The van der Waals surface area contributed by atoms with Crippen LogP contribution in [0.2, 0.25) is 10.2 Å². The Labute approximate surface area is 163 Å². The van der Waals surface area contributed by atoms with Gasteiger partial charge < -0.3 is 0 Å². The van der Waals surface area contributed by atoms with Crippen LogP contribution in [0.25, 0.3) is 21.3 Å². The van der Waals surface area contributed by atoms with Crippen molar-refractivity contribution in [3.8, 4) is 11.1 Å². The van der Waals surface area contributed by atoms with Crippen LogP contribution in [0.15, 0.2) is 65.1 Å². The number of thiophene rings is 1. The molecule has 25 heavy (non-hydrogen) atoms. The van der Waals surface area contributed by atoms with Crippen molar-refractivity contribution in [2.24, 2.45) is 0 Å². The molecule has 6 heteroatoms. The van der Waals surface area contributed by atoms with E-state index in [-0.39, 0.29) is 0 Å². The molecule has 2 aromatic carbocycles. The molecule has 0 aliphatic carbocycles. The van der Waals surface area contributed by atoms with Gasteiger partial charge in [-0.2, -0.15) is 0 Å². The Hall–Kier alpha value is -1.59. The highest BCUT2D eigenvalue weighted by atomic mass is 35.5. The minimum Gasteiger partial charge on any atom is -0.211 e. The molecule has 0 N–H and O–H groups in total. The van der Waals surface area contributed by atoms with Gasteiger partial charge in [-0.1, -0.05) is 77.4 Å². The van der Waals surface area contributed by atoms with Crippen LogP contribution < -0.4 is 0 Å². The van der Waals surface area contributed by atoms with Crippen molar-refractivity contribution in [1.82, 2.24) is 9.97 Å². The second-order valence-corrected chi connectivity index (χ2v) is 8.00. The van der Waals surface area contributed by atoms with Gasteiger partial charge in [-0.3, -0.25) is 0 Å². The molecule has 0 unspecified atom stereocenters. The van der Waals surface area contributed by atoms with Gasteiger partial charge in [0.1, 0.15) is 9.98 Å². The van der Waals surface area contributed by atoms with Crippen LogP contribution in [-0.2, 0) is 5.75 Å². The molecule has 0 fully saturated rings. The van der Waals surface area contributed by atoms with Crippen molar-refractivity contribution in [3.63, 3.8) is 0 Å². The average Bonchev–Trinajstić information content (AvgIpc) is 3.06. The van der Waals surface area contributed by atoms with Crippen molar-refractivity contribution in [2.75, 3.05) is 0 Å². The second-order valence-electron chi connectivity index (χ2n) is 5.41. The lowest BCUT2D eigenvalue weighted by Crippen LogP contribution is -1.89. The van der Waals surface area contributed by atoms with Crippen molar-refractivity contribution in [1.29, 1.82) is 0 Å². The maximum absolute atomic E-state index is 6.49. The smallest absolute Gasteiger partial charge is 0.190 e. The quantitative estimate of drug-likeness (QED) is 0.209. The predicted molar refractivity (Wildman–Crippen MR) is 109 cm³/mol. The molecule has 0 amide bonds. The zero-order valence-electron chi connectivity index (χ0n) is 12.9. The molecule has 2 nitrogen and oxygen atoms in total. The maximum atomic E-state index is 6.49. The minimum atomic E-state index is 0.492. The Morgan fingerprint density at radius 2 is 1.68 bits per heavy atom. The summed E-state index contributed by atoms with van der Waals surface area (Å²) in [6, 6.07) is 18.0. The van der Waals surface area contributed by atoms with Crippen LogP contribution in [0.1, 0.15) is 5.56 Å². The summed E-state index contributed by atoms with van der Waals surface area (Å²) in [6.45, 7) is 0. The van der Waals surface area contributed by atoms with E-state index in [0.717, 1.165) is 27.1 Å². The van der Waals surface area contributed by atoms with Crippen molar-refractivity contribution in [3.05, 3.63) is 75.7 Å². The van der Waals surface area contributed by atoms with Gasteiger partial charge in [0.2, 0.25) is 0 Å². The highest BCUT2D eigenvalue weighted by Gasteiger charge is 2.14. The van der Waals surface area contributed by atoms with Gasteiger partial charge >= 0.3 is 0 Å². The Bertz CT molecular complexity index is 1010. The first-order chi connectivity index (χ1) is 12.2. The second kappa shape index (κ2) is 7.34. The summed E-state index contributed by atoms with van der Waals surface area (Å²) in [5.41, 5.74) is 3.34. The monoisotopic (exact) mass is 402 g/mol. The molecule has 2 heterocycles. The molecule has 2 aromatic heterocycles. The summed E-state index contributed by atoms with van der Waals surface area (Å²) in [5.74, 6) is 0.818. The number of thioether (sulfide) groups is 1. The molecule has 0 saturated heterocycles. The van der Waals surface area contributed by atoms with Crippen LogP contribution in [0.5, 0.6) is 0 Å². The molecule has 0 spiro atoms. The van der Waals surface area contributed by atoms with E-state index in [1.54, 1.807) is 23.1 Å². The SMILES string of the molecule is Clc1ccc(-c2csc3nc(SCc4ccccc4)nc(Cl)c23)cc1. The van der Waals surface area contributed by atoms with Gasteiger partial charge in [0, 0.05) is 21.7 Å². The molecule has 0 saturated carbocycles. The maximum Gasteiger partial charge on any atom is 0.190 e. The zero-order valence-corrected chi connectivity index (χ0v) is 16.1. The number of aromatic nitrogens is 2. The molecule has 4 aromatic rings. The fraction of sp³-hybridized carbons (Fsp3) is 0.0526. The largest absolute Gasteiger partial charge is 0.211 e. The van der Waals surface area contributed by atoms with Gasteiger partial charge in [-0.25, -0.2) is 9.97 Å². The molecular formula is C19H12Cl2N2S2. The number of benzene rings is 2. The third kappa shape index (κ3) is 3.67. The van der Waals surface area contributed by atoms with Crippen molar-refractivity contribution >= 4 is 56.5 Å². The predicted octanol–water partition coefficient (Wildman–Crippen LogP) is 6.96. The lowest BCUT2D eigenvalue weighted by Gasteiger charge is -2.04. The Balaban J connectivity index is 1.66. The third-order valence-electron chi connectivity index (χ3n) is 3.73. The lowest BCUT2D eigenvalue weighted by molar-refractivity contribution is 1.01. The molecule has 4 rings (SSSR count). The Kier molecular flexibility index (Phi) is 4.95. The molecule has 124 valence electrons. The molecule has 0 aliphatic heterocycles. The first-order valence-electron chi connectivity index (χ1n) is 7.58. The van der Waals surface area contributed by atoms with Crippen LogP contribution in [-0.4, -0.2) is 9.97 Å². The highest BCUT2D eigenvalue weighted by molar-refractivity contribution is 7.98. The zero-order chi connectivity index (χ0) is 17.2. The topological polar surface area (TPSA) is 25.8 Å². The third-order valence-corrected chi connectivity index (χ3v) is 6.05. The molecule has 0 bridgehead atoms. The lowest BCUT2D eigenvalue weighted by atomic mass is 10.1. The van der Waals surface area contributed by atoms with Gasteiger partial charge in [0.25, 0.3) is 0 Å². The number of halogens is 2. The number of hydrogen-bond donors (Lipinski definition) is 0. The standard InChI is InChI=1S/C19H12Cl2N2S2/c20-14-8-6-13(7-9-14)15-11-24-18-16(15)17(21)22-19(23-18)25-10-12-4-2-1-3-5-12/h1-9,11H,10H2.